The van der Waals surface area contributed by atoms with Gasteiger partial charge in [-0.05, 0) is 71.8 Å². The molecule has 4 heterocycles. The molecule has 0 aliphatic carbocycles. The van der Waals surface area contributed by atoms with Gasteiger partial charge in [-0.3, -0.25) is 0 Å². The lowest BCUT2D eigenvalue weighted by atomic mass is 10.0. The highest BCUT2D eigenvalue weighted by molar-refractivity contribution is 7.25. The van der Waals surface area contributed by atoms with Crippen LogP contribution in [-0.4, -0.2) is 9.13 Å². The Labute approximate surface area is 256 Å². The number of furan rings is 1. The van der Waals surface area contributed by atoms with Crippen LogP contribution in [-0.2, 0) is 0 Å². The quantitative estimate of drug-likeness (QED) is 0.204. The summed E-state index contributed by atoms with van der Waals surface area (Å²) in [5.74, 6) is 0. The third-order valence-corrected chi connectivity index (χ3v) is 10.1. The van der Waals surface area contributed by atoms with Gasteiger partial charge < -0.3 is 13.6 Å². The summed E-state index contributed by atoms with van der Waals surface area (Å²) >= 11 is 1.71. The average Bonchev–Trinajstić information content (AvgIpc) is 3.83. The molecule has 0 spiro atoms. The van der Waals surface area contributed by atoms with Gasteiger partial charge in [0.25, 0.3) is 0 Å². The summed E-state index contributed by atoms with van der Waals surface area (Å²) < 4.78 is 11.7. The van der Waals surface area contributed by atoms with Gasteiger partial charge in [0.15, 0.2) is 4.90 Å². The van der Waals surface area contributed by atoms with Crippen molar-refractivity contribution in [1.29, 1.82) is 0 Å². The molecule has 0 radical (unpaired) electrons. The van der Waals surface area contributed by atoms with E-state index in [0.717, 1.165) is 10.6 Å². The summed E-state index contributed by atoms with van der Waals surface area (Å²) in [5, 5.41) is 7.48. The lowest BCUT2D eigenvalue weighted by molar-refractivity contribution is 0.624. The van der Waals surface area contributed by atoms with Crippen molar-refractivity contribution in [2.24, 2.45) is 0 Å². The SMILES string of the molecule is c1cc(-c2ccc3c(c2)sc2occc23)cc(-n2c3ccccc3c3cc(-n4c5ccccc5c5ccccc54)ccc32)c1. The fraction of sp³-hybridized carbons (Fsp3) is 0. The van der Waals surface area contributed by atoms with Crippen molar-refractivity contribution in [2.45, 2.75) is 0 Å². The summed E-state index contributed by atoms with van der Waals surface area (Å²) in [6, 6.07) is 50.8. The normalized spacial score (nSPS) is 12.1. The van der Waals surface area contributed by atoms with Crippen LogP contribution in [0.2, 0.25) is 0 Å². The van der Waals surface area contributed by atoms with Crippen LogP contribution in [0.1, 0.15) is 0 Å². The second-order valence-electron chi connectivity index (χ2n) is 11.4. The van der Waals surface area contributed by atoms with Crippen molar-refractivity contribution in [3.8, 4) is 22.5 Å². The summed E-state index contributed by atoms with van der Waals surface area (Å²) in [7, 11) is 0. The zero-order chi connectivity index (χ0) is 28.8. The number of nitrogens with zero attached hydrogens (tertiary/aromatic N) is 2. The molecule has 206 valence electrons. The minimum Gasteiger partial charge on any atom is -0.454 e. The summed E-state index contributed by atoms with van der Waals surface area (Å²) in [6.45, 7) is 0. The molecular formula is C40H24N2OS. The first-order chi connectivity index (χ1) is 21.8. The Balaban J connectivity index is 1.17. The number of thiophene rings is 1. The van der Waals surface area contributed by atoms with Gasteiger partial charge in [-0.25, -0.2) is 0 Å². The van der Waals surface area contributed by atoms with Crippen molar-refractivity contribution in [3.63, 3.8) is 0 Å². The molecular weight excluding hydrogens is 557 g/mol. The van der Waals surface area contributed by atoms with Gasteiger partial charge in [-0.2, -0.15) is 0 Å². The molecule has 0 saturated heterocycles. The van der Waals surface area contributed by atoms with Crippen LogP contribution in [0.25, 0.3) is 86.5 Å². The topological polar surface area (TPSA) is 23.0 Å². The molecule has 3 nitrogen and oxygen atoms in total. The zero-order valence-corrected chi connectivity index (χ0v) is 24.4. The number of hydrogen-bond acceptors (Lipinski definition) is 2. The Morgan fingerprint density at radius 3 is 1.75 bits per heavy atom. The fourth-order valence-electron chi connectivity index (χ4n) is 7.09. The standard InChI is InChI=1S/C40H24N2OS/c1-4-13-35-29(10-1)30-11-2-5-14-36(30)42(35)28-17-19-38-34(24-28)31-12-3-6-15-37(31)41(38)27-9-7-8-25(22-27)26-16-18-32-33-20-21-43-40(33)44-39(32)23-26/h1-24H. The smallest absolute Gasteiger partial charge is 0.188 e. The molecule has 0 aliphatic heterocycles. The molecule has 0 saturated carbocycles. The van der Waals surface area contributed by atoms with Gasteiger partial charge in [0.1, 0.15) is 0 Å². The zero-order valence-electron chi connectivity index (χ0n) is 23.6. The van der Waals surface area contributed by atoms with E-state index >= 15 is 0 Å². The van der Waals surface area contributed by atoms with Crippen LogP contribution < -0.4 is 0 Å². The van der Waals surface area contributed by atoms with E-state index in [0.29, 0.717) is 0 Å². The van der Waals surface area contributed by atoms with Gasteiger partial charge >= 0.3 is 0 Å². The van der Waals surface area contributed by atoms with Crippen molar-refractivity contribution < 1.29 is 4.42 Å². The predicted molar refractivity (Wildman–Crippen MR) is 186 cm³/mol. The molecule has 0 unspecified atom stereocenters. The van der Waals surface area contributed by atoms with Gasteiger partial charge in [-0.15, -0.1) is 0 Å². The first-order valence-corrected chi connectivity index (χ1v) is 15.7. The second kappa shape index (κ2) is 8.96. The summed E-state index contributed by atoms with van der Waals surface area (Å²) in [5.41, 5.74) is 9.56. The highest BCUT2D eigenvalue weighted by Gasteiger charge is 2.17. The van der Waals surface area contributed by atoms with Crippen molar-refractivity contribution >= 4 is 75.3 Å². The van der Waals surface area contributed by atoms with E-state index < -0.39 is 0 Å². The van der Waals surface area contributed by atoms with Crippen LogP contribution >= 0.6 is 11.3 Å². The molecule has 4 heteroatoms. The first kappa shape index (κ1) is 23.9. The van der Waals surface area contributed by atoms with Crippen molar-refractivity contribution in [3.05, 3.63) is 146 Å². The Bertz CT molecular complexity index is 2680. The Morgan fingerprint density at radius 1 is 0.409 bits per heavy atom. The first-order valence-electron chi connectivity index (χ1n) is 14.8. The van der Waals surface area contributed by atoms with E-state index in [2.05, 4.69) is 149 Å². The van der Waals surface area contributed by atoms with Crippen LogP contribution in [0.3, 0.4) is 0 Å². The molecule has 6 aromatic carbocycles. The van der Waals surface area contributed by atoms with Crippen LogP contribution in [0.5, 0.6) is 0 Å². The van der Waals surface area contributed by atoms with Gasteiger partial charge in [0.2, 0.25) is 0 Å². The fourth-order valence-corrected chi connectivity index (χ4v) is 8.15. The van der Waals surface area contributed by atoms with Gasteiger partial charge in [-0.1, -0.05) is 90.2 Å². The van der Waals surface area contributed by atoms with Crippen LogP contribution in [0.15, 0.2) is 150 Å². The monoisotopic (exact) mass is 580 g/mol. The van der Waals surface area contributed by atoms with Crippen molar-refractivity contribution in [1.82, 2.24) is 9.13 Å². The van der Waals surface area contributed by atoms with E-state index in [4.69, 9.17) is 4.42 Å². The molecule has 44 heavy (non-hydrogen) atoms. The van der Waals surface area contributed by atoms with E-state index in [9.17, 15) is 0 Å². The highest BCUT2D eigenvalue weighted by Crippen LogP contribution is 2.39. The lowest BCUT2D eigenvalue weighted by Crippen LogP contribution is -1.96. The molecule has 0 N–H and O–H groups in total. The Morgan fingerprint density at radius 2 is 1.02 bits per heavy atom. The molecule has 0 aliphatic rings. The van der Waals surface area contributed by atoms with Gasteiger partial charge in [0, 0.05) is 48.4 Å². The van der Waals surface area contributed by atoms with Crippen molar-refractivity contribution in [2.75, 3.05) is 0 Å². The second-order valence-corrected chi connectivity index (χ2v) is 12.4. The molecule has 4 aromatic heterocycles. The third kappa shape index (κ3) is 3.31. The maximum atomic E-state index is 5.69. The Hall–Kier alpha value is -5.58. The van der Waals surface area contributed by atoms with Crippen LogP contribution in [0.4, 0.5) is 0 Å². The maximum absolute atomic E-state index is 5.69. The molecule has 0 atom stereocenters. The molecule has 10 aromatic rings. The molecule has 0 amide bonds. The number of benzene rings is 6. The number of aromatic nitrogens is 2. The Kier molecular flexibility index (Phi) is 4.87. The summed E-state index contributed by atoms with van der Waals surface area (Å²) in [6.07, 6.45) is 1.77. The number of fused-ring (bicyclic) bond motifs is 9. The maximum Gasteiger partial charge on any atom is 0.188 e. The lowest BCUT2D eigenvalue weighted by Gasteiger charge is -2.12. The van der Waals surface area contributed by atoms with E-state index in [1.807, 2.05) is 0 Å². The minimum atomic E-state index is 0.983. The summed E-state index contributed by atoms with van der Waals surface area (Å²) in [4.78, 5) is 0.983. The number of para-hydroxylation sites is 3. The van der Waals surface area contributed by atoms with E-state index in [1.54, 1.807) is 17.6 Å². The predicted octanol–water partition coefficient (Wildman–Crippen LogP) is 11.5. The number of hydrogen-bond donors (Lipinski definition) is 0. The largest absolute Gasteiger partial charge is 0.454 e. The van der Waals surface area contributed by atoms with Gasteiger partial charge in [0.05, 0.1) is 28.3 Å². The minimum absolute atomic E-state index is 0.983. The van der Waals surface area contributed by atoms with Crippen LogP contribution in [0, 0.1) is 0 Å². The van der Waals surface area contributed by atoms with E-state index in [-0.39, 0.29) is 0 Å². The molecule has 0 bridgehead atoms. The third-order valence-electron chi connectivity index (χ3n) is 9.04. The average molecular weight is 581 g/mol. The van der Waals surface area contributed by atoms with E-state index in [1.165, 1.54) is 75.9 Å². The molecule has 0 fully saturated rings. The number of rotatable bonds is 3. The highest BCUT2D eigenvalue weighted by atomic mass is 32.1. The molecule has 10 rings (SSSR count).